The van der Waals surface area contributed by atoms with Gasteiger partial charge in [0.05, 0.1) is 0 Å². The fourth-order valence-electron chi connectivity index (χ4n) is 1.72. The third-order valence-corrected chi connectivity index (χ3v) is 8.68. The van der Waals surface area contributed by atoms with E-state index < -0.39 is 8.32 Å². The molecular formula is C17H24OSi. The van der Waals surface area contributed by atoms with Crippen LogP contribution in [0.5, 0.6) is 0 Å². The molecule has 1 aromatic carbocycles. The number of hydrogen-bond acceptors (Lipinski definition) is 1. The zero-order valence-electron chi connectivity index (χ0n) is 12.7. The molecule has 1 aliphatic rings. The molecule has 0 unspecified atom stereocenters. The monoisotopic (exact) mass is 272 g/mol. The van der Waals surface area contributed by atoms with Gasteiger partial charge in [-0.25, -0.2) is 0 Å². The molecule has 0 spiro atoms. The van der Waals surface area contributed by atoms with Crippen LogP contribution in [-0.2, 0) is 4.43 Å². The van der Waals surface area contributed by atoms with Crippen molar-refractivity contribution in [3.8, 4) is 11.8 Å². The summed E-state index contributed by atoms with van der Waals surface area (Å²) in [7, 11) is -1.72. The average molecular weight is 272 g/mol. The average Bonchev–Trinajstić information content (AvgIpc) is 3.06. The minimum absolute atomic E-state index is 0.154. The van der Waals surface area contributed by atoms with Crippen LogP contribution in [-0.4, -0.2) is 13.9 Å². The summed E-state index contributed by atoms with van der Waals surface area (Å²) in [5.41, 5.74) is 0.923. The Morgan fingerprint density at radius 3 is 2.16 bits per heavy atom. The van der Waals surface area contributed by atoms with Crippen LogP contribution in [0.15, 0.2) is 30.3 Å². The third kappa shape index (κ3) is 3.49. The number of benzene rings is 1. The molecule has 1 aliphatic carbocycles. The maximum absolute atomic E-state index is 6.49. The maximum Gasteiger partial charge on any atom is 0.194 e. The van der Waals surface area contributed by atoms with E-state index >= 15 is 0 Å². The first-order valence-corrected chi connectivity index (χ1v) is 9.93. The zero-order valence-corrected chi connectivity index (χ0v) is 13.7. The highest BCUT2D eigenvalue weighted by molar-refractivity contribution is 6.74. The van der Waals surface area contributed by atoms with Crippen molar-refractivity contribution in [3.05, 3.63) is 35.9 Å². The highest BCUT2D eigenvalue weighted by Gasteiger charge is 2.50. The second kappa shape index (κ2) is 4.81. The Bertz CT molecular complexity index is 496. The fourth-order valence-corrected chi connectivity index (χ4v) is 3.25. The van der Waals surface area contributed by atoms with E-state index in [1.807, 2.05) is 18.2 Å². The van der Waals surface area contributed by atoms with Gasteiger partial charge in [0.15, 0.2) is 8.32 Å². The Morgan fingerprint density at radius 1 is 1.11 bits per heavy atom. The Balaban J connectivity index is 2.12. The maximum atomic E-state index is 6.49. The van der Waals surface area contributed by atoms with E-state index in [9.17, 15) is 0 Å². The summed E-state index contributed by atoms with van der Waals surface area (Å²) < 4.78 is 6.49. The lowest BCUT2D eigenvalue weighted by molar-refractivity contribution is 0.215. The topological polar surface area (TPSA) is 9.23 Å². The van der Waals surface area contributed by atoms with Gasteiger partial charge in [0.2, 0.25) is 0 Å². The third-order valence-electron chi connectivity index (χ3n) is 4.17. The van der Waals surface area contributed by atoms with Gasteiger partial charge in [0, 0.05) is 5.56 Å². The summed E-state index contributed by atoms with van der Waals surface area (Å²) in [6.07, 6.45) is 2.17. The Morgan fingerprint density at radius 2 is 1.68 bits per heavy atom. The van der Waals surface area contributed by atoms with Crippen LogP contribution in [0.4, 0.5) is 0 Å². The van der Waals surface area contributed by atoms with Crippen molar-refractivity contribution >= 4 is 8.32 Å². The molecule has 0 bridgehead atoms. The van der Waals surface area contributed by atoms with E-state index in [-0.39, 0.29) is 10.6 Å². The second-order valence-electron chi connectivity index (χ2n) is 6.97. The second-order valence-corrected chi connectivity index (χ2v) is 11.7. The van der Waals surface area contributed by atoms with Gasteiger partial charge in [0.25, 0.3) is 0 Å². The zero-order chi connectivity index (χ0) is 14.1. The highest BCUT2D eigenvalue weighted by atomic mass is 28.4. The van der Waals surface area contributed by atoms with Crippen molar-refractivity contribution in [1.82, 2.24) is 0 Å². The lowest BCUT2D eigenvalue weighted by Gasteiger charge is -2.38. The van der Waals surface area contributed by atoms with Gasteiger partial charge in [-0.2, -0.15) is 0 Å². The van der Waals surface area contributed by atoms with E-state index in [0.29, 0.717) is 0 Å². The summed E-state index contributed by atoms with van der Waals surface area (Å²) >= 11 is 0. The van der Waals surface area contributed by atoms with Crippen LogP contribution in [0.1, 0.15) is 39.2 Å². The largest absolute Gasteiger partial charge is 0.401 e. The first kappa shape index (κ1) is 14.4. The van der Waals surface area contributed by atoms with Gasteiger partial charge in [-0.15, -0.1) is 0 Å². The quantitative estimate of drug-likeness (QED) is 0.565. The number of hydrogen-bond donors (Lipinski definition) is 0. The van der Waals surface area contributed by atoms with Gasteiger partial charge >= 0.3 is 0 Å². The molecule has 1 fully saturated rings. The lowest BCUT2D eigenvalue weighted by Crippen LogP contribution is -2.44. The van der Waals surface area contributed by atoms with Gasteiger partial charge in [-0.3, -0.25) is 0 Å². The lowest BCUT2D eigenvalue weighted by atomic mass is 10.2. The molecule has 2 rings (SSSR count). The Hall–Kier alpha value is -1.04. The van der Waals surface area contributed by atoms with E-state index in [2.05, 4.69) is 57.8 Å². The fraction of sp³-hybridized carbons (Fsp3) is 0.529. The number of rotatable bonds is 2. The standard InChI is InChI=1S/C17H24OSi/c1-16(2,3)19(4,5)18-17(13-14-17)12-11-15-9-7-6-8-10-15/h6-10H,13-14H2,1-5H3. The molecular weight excluding hydrogens is 248 g/mol. The Kier molecular flexibility index (Phi) is 3.64. The smallest absolute Gasteiger partial charge is 0.194 e. The van der Waals surface area contributed by atoms with Crippen LogP contribution < -0.4 is 0 Å². The molecule has 19 heavy (non-hydrogen) atoms. The van der Waals surface area contributed by atoms with Gasteiger partial charge in [0.1, 0.15) is 5.60 Å². The predicted molar refractivity (Wildman–Crippen MR) is 83.6 cm³/mol. The van der Waals surface area contributed by atoms with Crippen molar-refractivity contribution in [2.45, 2.75) is 57.3 Å². The minimum Gasteiger partial charge on any atom is -0.401 e. The minimum atomic E-state index is -1.72. The van der Waals surface area contributed by atoms with Gasteiger partial charge in [-0.1, -0.05) is 50.8 Å². The molecule has 1 saturated carbocycles. The van der Waals surface area contributed by atoms with E-state index in [1.165, 1.54) is 0 Å². The molecule has 0 N–H and O–H groups in total. The van der Waals surface area contributed by atoms with Crippen molar-refractivity contribution in [2.24, 2.45) is 0 Å². The Labute approximate surface area is 118 Å². The molecule has 0 radical (unpaired) electrons. The molecule has 102 valence electrons. The molecule has 2 heteroatoms. The predicted octanol–water partition coefficient (Wildman–Crippen LogP) is 4.59. The van der Waals surface area contributed by atoms with Crippen molar-refractivity contribution < 1.29 is 4.43 Å². The molecule has 0 atom stereocenters. The van der Waals surface area contributed by atoms with Crippen molar-refractivity contribution in [1.29, 1.82) is 0 Å². The summed E-state index contributed by atoms with van der Waals surface area (Å²) in [6, 6.07) is 10.2. The summed E-state index contributed by atoms with van der Waals surface area (Å²) in [5, 5.41) is 0.247. The van der Waals surface area contributed by atoms with Gasteiger partial charge < -0.3 is 4.43 Å². The molecule has 0 aliphatic heterocycles. The van der Waals surface area contributed by atoms with Crippen molar-refractivity contribution in [3.63, 3.8) is 0 Å². The first-order chi connectivity index (χ1) is 8.74. The van der Waals surface area contributed by atoms with Crippen LogP contribution in [0.3, 0.4) is 0 Å². The molecule has 0 saturated heterocycles. The van der Waals surface area contributed by atoms with Crippen molar-refractivity contribution in [2.75, 3.05) is 0 Å². The van der Waals surface area contributed by atoms with E-state index in [4.69, 9.17) is 4.43 Å². The van der Waals surface area contributed by atoms with Crippen LogP contribution >= 0.6 is 0 Å². The van der Waals surface area contributed by atoms with E-state index in [0.717, 1.165) is 18.4 Å². The summed E-state index contributed by atoms with van der Waals surface area (Å²) in [5.74, 6) is 6.65. The summed E-state index contributed by atoms with van der Waals surface area (Å²) in [4.78, 5) is 0. The SMILES string of the molecule is CC(C)(C)[Si](C)(C)OC1(C#Cc2ccccc2)CC1. The molecule has 0 amide bonds. The highest BCUT2D eigenvalue weighted by Crippen LogP contribution is 2.47. The molecule has 1 nitrogen and oxygen atoms in total. The van der Waals surface area contributed by atoms with E-state index in [1.54, 1.807) is 0 Å². The molecule has 0 heterocycles. The van der Waals surface area contributed by atoms with Crippen LogP contribution in [0.2, 0.25) is 18.1 Å². The molecule has 0 aromatic heterocycles. The first-order valence-electron chi connectivity index (χ1n) is 7.03. The van der Waals surface area contributed by atoms with Gasteiger partial charge in [-0.05, 0) is 43.1 Å². The van der Waals surface area contributed by atoms with Crippen LogP contribution in [0.25, 0.3) is 0 Å². The summed E-state index contributed by atoms with van der Waals surface area (Å²) in [6.45, 7) is 11.4. The molecule has 1 aromatic rings. The normalized spacial score (nSPS) is 17.5. The van der Waals surface area contributed by atoms with Crippen LogP contribution in [0, 0.1) is 11.8 Å².